The molecule has 0 saturated carbocycles. The number of rotatable bonds is 3. The molecule has 0 radical (unpaired) electrons. The van der Waals surface area contributed by atoms with Gasteiger partial charge in [-0.05, 0) is 44.6 Å². The van der Waals surface area contributed by atoms with Gasteiger partial charge in [0.05, 0.1) is 6.04 Å². The fourth-order valence-electron chi connectivity index (χ4n) is 1.55. The van der Waals surface area contributed by atoms with Crippen LogP contribution in [0.2, 0.25) is 5.02 Å². The molecule has 0 heterocycles. The highest BCUT2D eigenvalue weighted by atomic mass is 35.5. The maximum atomic E-state index is 6.18. The smallest absolute Gasteiger partial charge is 0.169 e. The Kier molecular flexibility index (Phi) is 5.22. The minimum atomic E-state index is 0.155. The van der Waals surface area contributed by atoms with Crippen molar-refractivity contribution in [2.45, 2.75) is 32.9 Å². The van der Waals surface area contributed by atoms with Crippen LogP contribution in [0.3, 0.4) is 0 Å². The van der Waals surface area contributed by atoms with Gasteiger partial charge in [-0.1, -0.05) is 29.8 Å². The fourth-order valence-corrected chi connectivity index (χ4v) is 2.23. The highest BCUT2D eigenvalue weighted by molar-refractivity contribution is 7.80. The Balaban J connectivity index is 2.80. The molecule has 1 aromatic carbocycles. The predicted molar refractivity (Wildman–Crippen MR) is 78.5 cm³/mol. The van der Waals surface area contributed by atoms with Gasteiger partial charge in [-0.3, -0.25) is 0 Å². The zero-order valence-electron chi connectivity index (χ0n) is 10.7. The average Bonchev–Trinajstić information content (AvgIpc) is 2.27. The Morgan fingerprint density at radius 1 is 1.29 bits per heavy atom. The molecule has 2 nitrogen and oxygen atoms in total. The SMILES string of the molecule is CC(C)NC(=S)N(C)C(C)c1ccccc1Cl. The third-order valence-electron chi connectivity index (χ3n) is 2.67. The number of benzene rings is 1. The summed E-state index contributed by atoms with van der Waals surface area (Å²) in [4.78, 5) is 2.02. The summed E-state index contributed by atoms with van der Waals surface area (Å²) in [5, 5.41) is 4.75. The molecule has 1 N–H and O–H groups in total. The normalized spacial score (nSPS) is 12.4. The molecule has 1 rings (SSSR count). The largest absolute Gasteiger partial charge is 0.360 e. The van der Waals surface area contributed by atoms with E-state index in [2.05, 4.69) is 26.1 Å². The van der Waals surface area contributed by atoms with E-state index in [9.17, 15) is 0 Å². The molecule has 1 atom stereocenters. The summed E-state index contributed by atoms with van der Waals surface area (Å²) in [5.41, 5.74) is 1.09. The van der Waals surface area contributed by atoms with Gasteiger partial charge in [-0.15, -0.1) is 0 Å². The van der Waals surface area contributed by atoms with Crippen molar-refractivity contribution in [3.8, 4) is 0 Å². The summed E-state index contributed by atoms with van der Waals surface area (Å²) < 4.78 is 0. The summed E-state index contributed by atoms with van der Waals surface area (Å²) >= 11 is 11.5. The van der Waals surface area contributed by atoms with Crippen molar-refractivity contribution >= 4 is 28.9 Å². The third kappa shape index (κ3) is 3.86. The summed E-state index contributed by atoms with van der Waals surface area (Å²) in [6.07, 6.45) is 0. The van der Waals surface area contributed by atoms with Crippen LogP contribution >= 0.6 is 23.8 Å². The Morgan fingerprint density at radius 2 is 1.88 bits per heavy atom. The van der Waals surface area contributed by atoms with Gasteiger partial charge in [-0.2, -0.15) is 0 Å². The molecule has 0 fully saturated rings. The molecular weight excluding hydrogens is 252 g/mol. The lowest BCUT2D eigenvalue weighted by atomic mass is 10.1. The maximum absolute atomic E-state index is 6.18. The number of thiocarbonyl (C=S) groups is 1. The first-order valence-electron chi connectivity index (χ1n) is 5.71. The Morgan fingerprint density at radius 3 is 2.41 bits per heavy atom. The molecule has 0 spiro atoms. The van der Waals surface area contributed by atoms with Crippen molar-refractivity contribution in [3.63, 3.8) is 0 Å². The summed E-state index contributed by atoms with van der Waals surface area (Å²) in [5.74, 6) is 0. The second kappa shape index (κ2) is 6.22. The summed E-state index contributed by atoms with van der Waals surface area (Å²) in [6.45, 7) is 6.23. The van der Waals surface area contributed by atoms with E-state index in [4.69, 9.17) is 23.8 Å². The lowest BCUT2D eigenvalue weighted by molar-refractivity contribution is 0.392. The van der Waals surface area contributed by atoms with Crippen molar-refractivity contribution in [2.24, 2.45) is 0 Å². The Labute approximate surface area is 114 Å². The quantitative estimate of drug-likeness (QED) is 0.845. The number of halogens is 1. The van der Waals surface area contributed by atoms with Gasteiger partial charge in [0.15, 0.2) is 5.11 Å². The van der Waals surface area contributed by atoms with Crippen molar-refractivity contribution in [3.05, 3.63) is 34.9 Å². The standard InChI is InChI=1S/C13H19ClN2S/c1-9(2)15-13(17)16(4)10(3)11-7-5-6-8-12(11)14/h5-10H,1-4H3,(H,15,17). The van der Waals surface area contributed by atoms with Crippen LogP contribution in [0.5, 0.6) is 0 Å². The van der Waals surface area contributed by atoms with Crippen LogP contribution in [0.15, 0.2) is 24.3 Å². The van der Waals surface area contributed by atoms with Crippen molar-refractivity contribution in [1.82, 2.24) is 10.2 Å². The molecule has 0 aromatic heterocycles. The molecule has 0 bridgehead atoms. The zero-order valence-corrected chi connectivity index (χ0v) is 12.3. The molecule has 0 amide bonds. The second-order valence-electron chi connectivity index (χ2n) is 4.41. The molecule has 0 aliphatic heterocycles. The van der Waals surface area contributed by atoms with E-state index in [1.807, 2.05) is 36.2 Å². The molecule has 1 unspecified atom stereocenters. The van der Waals surface area contributed by atoms with Crippen molar-refractivity contribution in [1.29, 1.82) is 0 Å². The van der Waals surface area contributed by atoms with Crippen LogP contribution in [-0.4, -0.2) is 23.1 Å². The van der Waals surface area contributed by atoms with Gasteiger partial charge in [-0.25, -0.2) is 0 Å². The zero-order chi connectivity index (χ0) is 13.0. The average molecular weight is 271 g/mol. The van der Waals surface area contributed by atoms with Crippen LogP contribution < -0.4 is 5.32 Å². The lowest BCUT2D eigenvalue weighted by Gasteiger charge is -2.29. The van der Waals surface area contributed by atoms with Crippen molar-refractivity contribution < 1.29 is 0 Å². The molecule has 94 valence electrons. The van der Waals surface area contributed by atoms with Gasteiger partial charge in [0.2, 0.25) is 0 Å². The van der Waals surface area contributed by atoms with Crippen LogP contribution in [0, 0.1) is 0 Å². The first-order valence-corrected chi connectivity index (χ1v) is 6.50. The van der Waals surface area contributed by atoms with Crippen LogP contribution in [0.25, 0.3) is 0 Å². The highest BCUT2D eigenvalue weighted by Crippen LogP contribution is 2.26. The van der Waals surface area contributed by atoms with E-state index in [1.54, 1.807) is 0 Å². The molecule has 0 aliphatic rings. The lowest BCUT2D eigenvalue weighted by Crippen LogP contribution is -2.41. The Hall–Kier alpha value is -0.800. The van der Waals surface area contributed by atoms with Crippen LogP contribution in [-0.2, 0) is 0 Å². The first kappa shape index (κ1) is 14.3. The highest BCUT2D eigenvalue weighted by Gasteiger charge is 2.16. The predicted octanol–water partition coefficient (Wildman–Crippen LogP) is 3.62. The Bertz CT molecular complexity index is 393. The molecule has 1 aromatic rings. The number of nitrogens with zero attached hydrogens (tertiary/aromatic N) is 1. The minimum Gasteiger partial charge on any atom is -0.360 e. The molecule has 17 heavy (non-hydrogen) atoms. The van der Waals surface area contributed by atoms with Gasteiger partial charge in [0.25, 0.3) is 0 Å². The van der Waals surface area contributed by atoms with E-state index >= 15 is 0 Å². The van der Waals surface area contributed by atoms with E-state index in [-0.39, 0.29) is 6.04 Å². The van der Waals surface area contributed by atoms with Crippen LogP contribution in [0.4, 0.5) is 0 Å². The van der Waals surface area contributed by atoms with Gasteiger partial charge < -0.3 is 10.2 Å². The van der Waals surface area contributed by atoms with E-state index < -0.39 is 0 Å². The van der Waals surface area contributed by atoms with Gasteiger partial charge in [0, 0.05) is 18.1 Å². The summed E-state index contributed by atoms with van der Waals surface area (Å²) in [6, 6.07) is 8.35. The monoisotopic (exact) mass is 270 g/mol. The summed E-state index contributed by atoms with van der Waals surface area (Å²) in [7, 11) is 1.98. The minimum absolute atomic E-state index is 0.155. The number of hydrogen-bond acceptors (Lipinski definition) is 1. The van der Waals surface area contributed by atoms with Crippen LogP contribution in [0.1, 0.15) is 32.4 Å². The van der Waals surface area contributed by atoms with Gasteiger partial charge in [0.1, 0.15) is 0 Å². The molecule has 4 heteroatoms. The topological polar surface area (TPSA) is 15.3 Å². The molecule has 0 aliphatic carbocycles. The maximum Gasteiger partial charge on any atom is 0.169 e. The number of nitrogens with one attached hydrogen (secondary N) is 1. The third-order valence-corrected chi connectivity index (χ3v) is 3.42. The van der Waals surface area contributed by atoms with E-state index in [0.717, 1.165) is 15.7 Å². The fraction of sp³-hybridized carbons (Fsp3) is 0.462. The first-order chi connectivity index (χ1) is 7.93. The second-order valence-corrected chi connectivity index (χ2v) is 5.21. The number of hydrogen-bond donors (Lipinski definition) is 1. The van der Waals surface area contributed by atoms with E-state index in [1.165, 1.54) is 0 Å². The van der Waals surface area contributed by atoms with Crippen molar-refractivity contribution in [2.75, 3.05) is 7.05 Å². The van der Waals surface area contributed by atoms with E-state index in [0.29, 0.717) is 6.04 Å². The molecule has 0 saturated heterocycles. The van der Waals surface area contributed by atoms with Gasteiger partial charge >= 0.3 is 0 Å². The molecular formula is C13H19ClN2S.